The number of hydrogen-bond donors (Lipinski definition) is 1. The van der Waals surface area contributed by atoms with Crippen LogP contribution in [0.5, 0.6) is 0 Å². The van der Waals surface area contributed by atoms with Crippen molar-refractivity contribution in [3.05, 3.63) is 41.6 Å². The van der Waals surface area contributed by atoms with E-state index in [1.807, 2.05) is 37.3 Å². The van der Waals surface area contributed by atoms with E-state index in [9.17, 15) is 18.0 Å². The molecule has 24 heavy (non-hydrogen) atoms. The van der Waals surface area contributed by atoms with Crippen LogP contribution in [0.15, 0.2) is 30.3 Å². The minimum absolute atomic E-state index is 0.0314. The van der Waals surface area contributed by atoms with Crippen molar-refractivity contribution in [2.45, 2.75) is 19.6 Å². The monoisotopic (exact) mass is 337 g/mol. The van der Waals surface area contributed by atoms with Crippen molar-refractivity contribution in [2.75, 3.05) is 13.1 Å². The molecule has 1 aliphatic rings. The summed E-state index contributed by atoms with van der Waals surface area (Å²) in [6.45, 7) is 2.07. The van der Waals surface area contributed by atoms with Gasteiger partial charge in [-0.15, -0.1) is 0 Å². The summed E-state index contributed by atoms with van der Waals surface area (Å²) in [4.78, 5) is 17.4. The summed E-state index contributed by atoms with van der Waals surface area (Å²) in [6.07, 6.45) is -4.42. The van der Waals surface area contributed by atoms with Gasteiger partial charge in [-0.25, -0.2) is 0 Å². The number of hydrogen-bond acceptors (Lipinski definition) is 3. The number of halogens is 3. The number of primary amides is 1. The molecule has 1 saturated heterocycles. The van der Waals surface area contributed by atoms with Crippen molar-refractivity contribution in [3.63, 3.8) is 0 Å². The standard InChI is InChI=1S/C17H18F3N3O/c1-10-2-4-12-6-11(3-5-15(12)22-10)7-23-8-13(16(21)24)14(9-23)17(18,19)20/h2-6,13-14H,7-9H2,1H3,(H2,21,24)/t13-,14-/m0/s1. The third-order valence-corrected chi connectivity index (χ3v) is 4.48. The number of fused-ring (bicyclic) bond motifs is 1. The Labute approximate surface area is 137 Å². The van der Waals surface area contributed by atoms with Crippen molar-refractivity contribution >= 4 is 16.8 Å². The minimum atomic E-state index is -4.42. The summed E-state index contributed by atoms with van der Waals surface area (Å²) >= 11 is 0. The van der Waals surface area contributed by atoms with Gasteiger partial charge in [0.1, 0.15) is 0 Å². The van der Waals surface area contributed by atoms with Crippen molar-refractivity contribution in [1.82, 2.24) is 9.88 Å². The van der Waals surface area contributed by atoms with Gasteiger partial charge < -0.3 is 5.73 Å². The molecule has 4 nitrogen and oxygen atoms in total. The predicted molar refractivity (Wildman–Crippen MR) is 84.0 cm³/mol. The lowest BCUT2D eigenvalue weighted by atomic mass is 9.95. The first-order valence-corrected chi connectivity index (χ1v) is 7.69. The lowest BCUT2D eigenvalue weighted by Crippen LogP contribution is -2.37. The highest BCUT2D eigenvalue weighted by Gasteiger charge is 2.51. The Balaban J connectivity index is 1.79. The topological polar surface area (TPSA) is 59.2 Å². The molecule has 1 aliphatic heterocycles. The molecule has 3 rings (SSSR count). The highest BCUT2D eigenvalue weighted by atomic mass is 19.4. The molecule has 2 atom stereocenters. The Hall–Kier alpha value is -2.15. The van der Waals surface area contributed by atoms with Gasteiger partial charge >= 0.3 is 6.18 Å². The molecule has 128 valence electrons. The van der Waals surface area contributed by atoms with Gasteiger partial charge in [0, 0.05) is 30.7 Å². The Bertz CT molecular complexity index is 775. The molecule has 7 heteroatoms. The largest absolute Gasteiger partial charge is 0.393 e. The summed E-state index contributed by atoms with van der Waals surface area (Å²) < 4.78 is 39.3. The van der Waals surface area contributed by atoms with E-state index in [4.69, 9.17) is 5.73 Å². The number of aryl methyl sites for hydroxylation is 1. The molecule has 2 heterocycles. The van der Waals surface area contributed by atoms with Gasteiger partial charge in [0.15, 0.2) is 0 Å². The van der Waals surface area contributed by atoms with Crippen LogP contribution in [0.4, 0.5) is 13.2 Å². The van der Waals surface area contributed by atoms with Crippen LogP contribution in [0.3, 0.4) is 0 Å². The number of carbonyl (C=O) groups is 1. The Morgan fingerprint density at radius 2 is 2.04 bits per heavy atom. The van der Waals surface area contributed by atoms with Crippen LogP contribution in [-0.2, 0) is 11.3 Å². The summed E-state index contributed by atoms with van der Waals surface area (Å²) in [5.41, 5.74) is 7.80. The van der Waals surface area contributed by atoms with E-state index >= 15 is 0 Å². The molecule has 0 radical (unpaired) electrons. The lowest BCUT2D eigenvalue weighted by Gasteiger charge is -2.19. The third kappa shape index (κ3) is 3.36. The fraction of sp³-hybridized carbons (Fsp3) is 0.412. The maximum atomic E-state index is 13.1. The number of nitrogens with two attached hydrogens (primary N) is 1. The van der Waals surface area contributed by atoms with Gasteiger partial charge in [-0.1, -0.05) is 12.1 Å². The maximum Gasteiger partial charge on any atom is 0.393 e. The van der Waals surface area contributed by atoms with E-state index in [2.05, 4.69) is 4.98 Å². The van der Waals surface area contributed by atoms with Crippen LogP contribution < -0.4 is 5.73 Å². The molecule has 1 aromatic heterocycles. The van der Waals surface area contributed by atoms with E-state index in [1.165, 1.54) is 0 Å². The Morgan fingerprint density at radius 3 is 2.67 bits per heavy atom. The molecule has 0 spiro atoms. The van der Waals surface area contributed by atoms with Gasteiger partial charge in [-0.2, -0.15) is 13.2 Å². The second-order valence-corrected chi connectivity index (χ2v) is 6.33. The fourth-order valence-corrected chi connectivity index (χ4v) is 3.27. The van der Waals surface area contributed by atoms with Crippen LogP contribution >= 0.6 is 0 Å². The number of carbonyl (C=O) groups excluding carboxylic acids is 1. The first kappa shape index (κ1) is 16.7. The zero-order valence-electron chi connectivity index (χ0n) is 13.2. The lowest BCUT2D eigenvalue weighted by molar-refractivity contribution is -0.182. The molecule has 0 aliphatic carbocycles. The van der Waals surface area contributed by atoms with Crippen LogP contribution in [0.2, 0.25) is 0 Å². The highest BCUT2D eigenvalue weighted by Crippen LogP contribution is 2.38. The molecular weight excluding hydrogens is 319 g/mol. The average Bonchev–Trinajstić information content (AvgIpc) is 2.92. The molecule has 1 amide bonds. The Morgan fingerprint density at radius 1 is 1.29 bits per heavy atom. The smallest absolute Gasteiger partial charge is 0.369 e. The van der Waals surface area contributed by atoms with Gasteiger partial charge in [0.25, 0.3) is 0 Å². The van der Waals surface area contributed by atoms with Crippen molar-refractivity contribution in [2.24, 2.45) is 17.6 Å². The van der Waals surface area contributed by atoms with Crippen LogP contribution in [-0.4, -0.2) is 35.1 Å². The van der Waals surface area contributed by atoms with Gasteiger partial charge in [0.05, 0.1) is 17.4 Å². The summed E-state index contributed by atoms with van der Waals surface area (Å²) in [7, 11) is 0. The molecule has 1 fully saturated rings. The molecule has 0 unspecified atom stereocenters. The van der Waals surface area contributed by atoms with Gasteiger partial charge in [0.2, 0.25) is 5.91 Å². The number of amides is 1. The molecule has 2 N–H and O–H groups in total. The van der Waals surface area contributed by atoms with Crippen molar-refractivity contribution in [3.8, 4) is 0 Å². The number of likely N-dealkylation sites (tertiary alicyclic amines) is 1. The second kappa shape index (κ2) is 6.05. The van der Waals surface area contributed by atoms with E-state index in [0.29, 0.717) is 6.54 Å². The number of nitrogens with zero attached hydrogens (tertiary/aromatic N) is 2. The molecule has 2 aromatic rings. The van der Waals surface area contributed by atoms with Crippen LogP contribution in [0.1, 0.15) is 11.3 Å². The summed E-state index contributed by atoms with van der Waals surface area (Å²) in [6, 6.07) is 9.47. The van der Waals surface area contributed by atoms with Gasteiger partial charge in [-0.05, 0) is 30.7 Å². The fourth-order valence-electron chi connectivity index (χ4n) is 3.27. The van der Waals surface area contributed by atoms with E-state index in [-0.39, 0.29) is 13.1 Å². The third-order valence-electron chi connectivity index (χ3n) is 4.48. The Kier molecular flexibility index (Phi) is 4.21. The number of aromatic nitrogens is 1. The first-order chi connectivity index (χ1) is 11.2. The second-order valence-electron chi connectivity index (χ2n) is 6.33. The molecule has 1 aromatic carbocycles. The molecule has 0 bridgehead atoms. The molecule has 0 saturated carbocycles. The number of pyridine rings is 1. The van der Waals surface area contributed by atoms with E-state index in [1.54, 1.807) is 4.90 Å². The van der Waals surface area contributed by atoms with Gasteiger partial charge in [-0.3, -0.25) is 14.7 Å². The average molecular weight is 337 g/mol. The highest BCUT2D eigenvalue weighted by molar-refractivity contribution is 5.79. The number of rotatable bonds is 3. The molecular formula is C17H18F3N3O. The van der Waals surface area contributed by atoms with E-state index < -0.39 is 23.9 Å². The maximum absolute atomic E-state index is 13.1. The van der Waals surface area contributed by atoms with Crippen LogP contribution in [0, 0.1) is 18.8 Å². The van der Waals surface area contributed by atoms with E-state index in [0.717, 1.165) is 22.2 Å². The van der Waals surface area contributed by atoms with Crippen molar-refractivity contribution in [1.29, 1.82) is 0 Å². The summed E-state index contributed by atoms with van der Waals surface area (Å²) in [5, 5.41) is 0.941. The number of alkyl halides is 3. The SMILES string of the molecule is Cc1ccc2cc(CN3C[C@H](C(N)=O)[C@@H](C(F)(F)F)C3)ccc2n1. The zero-order chi connectivity index (χ0) is 17.5. The first-order valence-electron chi connectivity index (χ1n) is 7.69. The summed E-state index contributed by atoms with van der Waals surface area (Å²) in [5.74, 6) is -3.77. The quantitative estimate of drug-likeness (QED) is 0.937. The zero-order valence-corrected chi connectivity index (χ0v) is 13.2. The minimum Gasteiger partial charge on any atom is -0.369 e. The predicted octanol–water partition coefficient (Wildman–Crippen LogP) is 2.64. The van der Waals surface area contributed by atoms with Crippen LogP contribution in [0.25, 0.3) is 10.9 Å². The number of benzene rings is 1. The van der Waals surface area contributed by atoms with Crippen molar-refractivity contribution < 1.29 is 18.0 Å². The normalized spacial score (nSPS) is 22.2.